The van der Waals surface area contributed by atoms with Crippen molar-refractivity contribution in [1.82, 2.24) is 9.88 Å². The van der Waals surface area contributed by atoms with Crippen LogP contribution in [0.3, 0.4) is 0 Å². The Balaban J connectivity index is 3.08. The fourth-order valence-corrected chi connectivity index (χ4v) is 1.51. The number of halogens is 1. The lowest BCUT2D eigenvalue weighted by Gasteiger charge is -2.34. The number of hydrogen-bond acceptors (Lipinski definition) is 4. The number of amides is 1. The molecule has 1 aromatic rings. The number of nitrogens with zero attached hydrogens (tertiary/aromatic N) is 2. The molecule has 5 nitrogen and oxygen atoms in total. The van der Waals surface area contributed by atoms with E-state index in [0.717, 1.165) is 0 Å². The highest BCUT2D eigenvalue weighted by Gasteiger charge is 2.28. The van der Waals surface area contributed by atoms with Crippen LogP contribution in [0.15, 0.2) is 16.7 Å². The fraction of sp³-hybridized carbons (Fsp3) is 0.455. The van der Waals surface area contributed by atoms with Gasteiger partial charge in [0, 0.05) is 17.7 Å². The molecule has 0 atom stereocenters. The highest BCUT2D eigenvalue weighted by atomic mass is 79.9. The van der Waals surface area contributed by atoms with Crippen LogP contribution in [0.1, 0.15) is 24.2 Å². The van der Waals surface area contributed by atoms with E-state index in [9.17, 15) is 9.90 Å². The minimum Gasteiger partial charge on any atom is -0.394 e. The highest BCUT2D eigenvalue weighted by Crippen LogP contribution is 2.20. The molecular formula is C11H16BrN3O2. The molecule has 17 heavy (non-hydrogen) atoms. The first-order valence-corrected chi connectivity index (χ1v) is 5.89. The van der Waals surface area contributed by atoms with Crippen molar-refractivity contribution in [1.29, 1.82) is 0 Å². The van der Waals surface area contributed by atoms with Gasteiger partial charge in [0.15, 0.2) is 0 Å². The molecule has 0 aliphatic carbocycles. The predicted molar refractivity (Wildman–Crippen MR) is 69.6 cm³/mol. The van der Waals surface area contributed by atoms with Crippen molar-refractivity contribution in [3.05, 3.63) is 22.3 Å². The van der Waals surface area contributed by atoms with Crippen LogP contribution in [-0.2, 0) is 0 Å². The molecule has 94 valence electrons. The second kappa shape index (κ2) is 5.01. The van der Waals surface area contributed by atoms with Gasteiger partial charge in [0.05, 0.1) is 17.7 Å². The fourth-order valence-electron chi connectivity index (χ4n) is 1.18. The van der Waals surface area contributed by atoms with Crippen molar-refractivity contribution in [2.75, 3.05) is 19.4 Å². The zero-order valence-electron chi connectivity index (χ0n) is 10.1. The highest BCUT2D eigenvalue weighted by molar-refractivity contribution is 9.10. The molecule has 0 fully saturated rings. The Hall–Kier alpha value is -1.14. The van der Waals surface area contributed by atoms with Gasteiger partial charge < -0.3 is 15.7 Å². The third kappa shape index (κ3) is 2.95. The van der Waals surface area contributed by atoms with Crippen molar-refractivity contribution >= 4 is 27.7 Å². The standard InChI is InChI=1S/C11H16BrN3O2/c1-11(2,6-16)15(3)10(17)8-4-7(12)5-14-9(8)13/h4-5,16H,6H2,1-3H3,(H2,13,14). The van der Waals surface area contributed by atoms with E-state index in [1.165, 1.54) is 11.1 Å². The molecule has 0 unspecified atom stereocenters. The molecule has 0 radical (unpaired) electrons. The topological polar surface area (TPSA) is 79.5 Å². The van der Waals surface area contributed by atoms with E-state index in [0.29, 0.717) is 10.0 Å². The first-order chi connectivity index (χ1) is 7.79. The lowest BCUT2D eigenvalue weighted by atomic mass is 10.0. The minimum atomic E-state index is -0.647. The number of nitrogens with two attached hydrogens (primary N) is 1. The Labute approximate surface area is 109 Å². The van der Waals surface area contributed by atoms with E-state index in [2.05, 4.69) is 20.9 Å². The minimum absolute atomic E-state index is 0.128. The van der Waals surface area contributed by atoms with Gasteiger partial charge in [0.2, 0.25) is 0 Å². The summed E-state index contributed by atoms with van der Waals surface area (Å²) in [5, 5.41) is 9.23. The van der Waals surface area contributed by atoms with Gasteiger partial charge in [-0.25, -0.2) is 4.98 Å². The number of aliphatic hydroxyl groups is 1. The predicted octanol–water partition coefficient (Wildman–Crippen LogP) is 1.27. The van der Waals surface area contributed by atoms with Crippen LogP contribution in [0, 0.1) is 0 Å². The van der Waals surface area contributed by atoms with E-state index < -0.39 is 5.54 Å². The normalized spacial score (nSPS) is 11.4. The number of carbonyl (C=O) groups is 1. The number of likely N-dealkylation sites (N-methyl/N-ethyl adjacent to an activating group) is 1. The quantitative estimate of drug-likeness (QED) is 0.881. The van der Waals surface area contributed by atoms with E-state index in [1.54, 1.807) is 27.0 Å². The van der Waals surface area contributed by atoms with Gasteiger partial charge in [-0.1, -0.05) is 0 Å². The summed E-state index contributed by atoms with van der Waals surface area (Å²) in [5.41, 5.74) is 5.35. The lowest BCUT2D eigenvalue weighted by Crippen LogP contribution is -2.47. The zero-order valence-corrected chi connectivity index (χ0v) is 11.7. The number of rotatable bonds is 3. The van der Waals surface area contributed by atoms with Crippen molar-refractivity contribution < 1.29 is 9.90 Å². The molecule has 0 aliphatic heterocycles. The number of carbonyl (C=O) groups excluding carboxylic acids is 1. The van der Waals surface area contributed by atoms with Crippen LogP contribution in [0.4, 0.5) is 5.82 Å². The summed E-state index contributed by atoms with van der Waals surface area (Å²) in [5.74, 6) is -0.0888. The maximum absolute atomic E-state index is 12.2. The van der Waals surface area contributed by atoms with Crippen molar-refractivity contribution in [2.24, 2.45) is 0 Å². The second-order valence-electron chi connectivity index (χ2n) is 4.42. The summed E-state index contributed by atoms with van der Waals surface area (Å²) < 4.78 is 0.685. The van der Waals surface area contributed by atoms with Gasteiger partial charge in [0.25, 0.3) is 5.91 Å². The summed E-state index contributed by atoms with van der Waals surface area (Å²) in [6.45, 7) is 3.41. The van der Waals surface area contributed by atoms with Crippen LogP contribution in [0.5, 0.6) is 0 Å². The lowest BCUT2D eigenvalue weighted by molar-refractivity contribution is 0.0474. The Morgan fingerprint density at radius 2 is 2.24 bits per heavy atom. The second-order valence-corrected chi connectivity index (χ2v) is 5.34. The number of anilines is 1. The monoisotopic (exact) mass is 301 g/mol. The van der Waals surface area contributed by atoms with Gasteiger partial charge in [-0.05, 0) is 35.8 Å². The number of aromatic nitrogens is 1. The average Bonchev–Trinajstić information content (AvgIpc) is 2.30. The molecule has 6 heteroatoms. The number of pyridine rings is 1. The van der Waals surface area contributed by atoms with Gasteiger partial charge in [-0.3, -0.25) is 4.79 Å². The van der Waals surface area contributed by atoms with Crippen molar-refractivity contribution in [3.63, 3.8) is 0 Å². The zero-order chi connectivity index (χ0) is 13.2. The van der Waals surface area contributed by atoms with Gasteiger partial charge >= 0.3 is 0 Å². The number of hydrogen-bond donors (Lipinski definition) is 2. The molecule has 0 aliphatic rings. The molecule has 1 heterocycles. The number of nitrogen functional groups attached to an aromatic ring is 1. The Bertz CT molecular complexity index is 435. The average molecular weight is 302 g/mol. The Morgan fingerprint density at radius 3 is 2.76 bits per heavy atom. The van der Waals surface area contributed by atoms with Crippen LogP contribution in [0.2, 0.25) is 0 Å². The van der Waals surface area contributed by atoms with Gasteiger partial charge in [0.1, 0.15) is 5.82 Å². The van der Waals surface area contributed by atoms with Crippen molar-refractivity contribution in [3.8, 4) is 0 Å². The van der Waals surface area contributed by atoms with Crippen LogP contribution in [0.25, 0.3) is 0 Å². The molecule has 0 bridgehead atoms. The van der Waals surface area contributed by atoms with E-state index >= 15 is 0 Å². The van der Waals surface area contributed by atoms with Crippen LogP contribution in [-0.4, -0.2) is 40.1 Å². The largest absolute Gasteiger partial charge is 0.394 e. The summed E-state index contributed by atoms with van der Waals surface area (Å²) in [7, 11) is 1.62. The molecule has 0 spiro atoms. The van der Waals surface area contributed by atoms with Crippen LogP contribution < -0.4 is 5.73 Å². The number of aliphatic hydroxyl groups excluding tert-OH is 1. The molecule has 0 saturated carbocycles. The molecular weight excluding hydrogens is 286 g/mol. The van der Waals surface area contributed by atoms with E-state index in [-0.39, 0.29) is 18.3 Å². The Kier molecular flexibility index (Phi) is 4.11. The molecule has 1 aromatic heterocycles. The molecule has 3 N–H and O–H groups in total. The third-order valence-electron chi connectivity index (χ3n) is 2.72. The maximum Gasteiger partial charge on any atom is 0.257 e. The van der Waals surface area contributed by atoms with Crippen molar-refractivity contribution in [2.45, 2.75) is 19.4 Å². The Morgan fingerprint density at radius 1 is 1.65 bits per heavy atom. The smallest absolute Gasteiger partial charge is 0.257 e. The van der Waals surface area contributed by atoms with E-state index in [4.69, 9.17) is 5.73 Å². The molecule has 0 saturated heterocycles. The summed E-state index contributed by atoms with van der Waals surface area (Å²) in [6.07, 6.45) is 1.53. The molecule has 1 rings (SSSR count). The first kappa shape index (κ1) is 13.9. The van der Waals surface area contributed by atoms with Crippen LogP contribution >= 0.6 is 15.9 Å². The maximum atomic E-state index is 12.2. The molecule has 1 amide bonds. The summed E-state index contributed by atoms with van der Waals surface area (Å²) >= 11 is 3.24. The van der Waals surface area contributed by atoms with Gasteiger partial charge in [-0.2, -0.15) is 0 Å². The summed E-state index contributed by atoms with van der Waals surface area (Å²) in [4.78, 5) is 17.6. The SMILES string of the molecule is CN(C(=O)c1cc(Br)cnc1N)C(C)(C)CO. The first-order valence-electron chi connectivity index (χ1n) is 5.09. The van der Waals surface area contributed by atoms with Gasteiger partial charge in [-0.15, -0.1) is 0 Å². The molecule has 0 aromatic carbocycles. The third-order valence-corrected chi connectivity index (χ3v) is 3.15. The van der Waals surface area contributed by atoms with E-state index in [1.807, 2.05) is 0 Å². The summed E-state index contributed by atoms with van der Waals surface area (Å²) in [6, 6.07) is 1.62.